The molecule has 2 heteroatoms. The Balaban J connectivity index is 1.51. The molecule has 2 fully saturated rings. The third-order valence-corrected chi connectivity index (χ3v) is 8.63. The van der Waals surface area contributed by atoms with Gasteiger partial charge in [0.2, 0.25) is 0 Å². The average Bonchev–Trinajstić information content (AvgIpc) is 3.03. The number of aryl methyl sites for hydroxylation is 1. The topological polar surface area (TPSA) is 40.5 Å². The molecule has 0 bridgehead atoms. The van der Waals surface area contributed by atoms with E-state index in [1.165, 1.54) is 11.1 Å². The van der Waals surface area contributed by atoms with Crippen LogP contribution in [0.3, 0.4) is 0 Å². The maximum atomic E-state index is 11.9. The zero-order valence-corrected chi connectivity index (χ0v) is 17.8. The molecule has 156 valence electrons. The molecule has 2 aromatic carbocycles. The fourth-order valence-corrected chi connectivity index (χ4v) is 7.10. The largest absolute Gasteiger partial charge is 0.508 e. The van der Waals surface area contributed by atoms with E-state index in [0.29, 0.717) is 29.4 Å². The fourth-order valence-electron chi connectivity index (χ4n) is 7.10. The van der Waals surface area contributed by atoms with E-state index in [-0.39, 0.29) is 5.41 Å². The molecular weight excluding hydrogens is 368 g/mol. The van der Waals surface area contributed by atoms with Crippen LogP contribution in [0.25, 0.3) is 6.08 Å². The van der Waals surface area contributed by atoms with Gasteiger partial charge in [-0.1, -0.05) is 61.5 Å². The summed E-state index contributed by atoms with van der Waals surface area (Å²) in [5, 5.41) is 21.8. The molecule has 5 unspecified atom stereocenters. The van der Waals surface area contributed by atoms with E-state index < -0.39 is 5.60 Å². The summed E-state index contributed by atoms with van der Waals surface area (Å²) in [6.07, 6.45) is 11.3. The van der Waals surface area contributed by atoms with Crippen LogP contribution in [-0.2, 0) is 6.42 Å². The minimum absolute atomic E-state index is 0.146. The van der Waals surface area contributed by atoms with Gasteiger partial charge in [0, 0.05) is 5.41 Å². The molecule has 0 aromatic heterocycles. The van der Waals surface area contributed by atoms with E-state index in [1.807, 2.05) is 30.3 Å². The van der Waals surface area contributed by atoms with Gasteiger partial charge in [0.15, 0.2) is 0 Å². The van der Waals surface area contributed by atoms with Crippen LogP contribution in [0, 0.1) is 23.2 Å². The predicted octanol–water partition coefficient (Wildman–Crippen LogP) is 6.10. The summed E-state index contributed by atoms with van der Waals surface area (Å²) in [4.78, 5) is 0. The lowest BCUT2D eigenvalue weighted by atomic mass is 9.50. The summed E-state index contributed by atoms with van der Waals surface area (Å²) >= 11 is 0. The second-order valence-electron chi connectivity index (χ2n) is 9.95. The third-order valence-electron chi connectivity index (χ3n) is 8.63. The van der Waals surface area contributed by atoms with E-state index in [2.05, 4.69) is 49.9 Å². The highest BCUT2D eigenvalue weighted by Gasteiger charge is 2.62. The van der Waals surface area contributed by atoms with Crippen LogP contribution in [-0.4, -0.2) is 15.8 Å². The van der Waals surface area contributed by atoms with E-state index >= 15 is 0 Å². The molecule has 0 amide bonds. The Hall–Kier alpha value is -2.32. The molecule has 0 radical (unpaired) electrons. The van der Waals surface area contributed by atoms with Gasteiger partial charge in [-0.2, -0.15) is 0 Å². The summed E-state index contributed by atoms with van der Waals surface area (Å²) < 4.78 is 0. The standard InChI is InChI=1S/C28H32O2/c1-3-20-18-27(2)25(14-16-28(27,30)15-13-19-7-5-4-6-8-19)24-11-9-21-17-22(29)10-12-23(21)26(20)24/h3-8,10,12-13,15,17,20,24-26,29-30H,1,9,11,14,16,18H2,2H3/b15-13+/t20?,24?,25?,26?,27?,28-/m0/s1. The molecule has 2 N–H and O–H groups in total. The summed E-state index contributed by atoms with van der Waals surface area (Å²) in [5.41, 5.74) is 2.90. The lowest BCUT2D eigenvalue weighted by Crippen LogP contribution is -2.52. The van der Waals surface area contributed by atoms with Crippen molar-refractivity contribution in [2.24, 2.45) is 23.2 Å². The molecule has 3 aliphatic rings. The highest BCUT2D eigenvalue weighted by molar-refractivity contribution is 5.51. The molecule has 0 spiro atoms. The monoisotopic (exact) mass is 400 g/mol. The lowest BCUT2D eigenvalue weighted by Gasteiger charge is -2.55. The Labute approximate surface area is 180 Å². The molecule has 6 atom stereocenters. The van der Waals surface area contributed by atoms with Crippen LogP contribution < -0.4 is 0 Å². The maximum Gasteiger partial charge on any atom is 0.115 e. The molecule has 2 aromatic rings. The van der Waals surface area contributed by atoms with Crippen molar-refractivity contribution in [2.75, 3.05) is 0 Å². The minimum Gasteiger partial charge on any atom is -0.508 e. The molecule has 2 saturated carbocycles. The Bertz CT molecular complexity index is 977. The first-order valence-electron chi connectivity index (χ1n) is 11.4. The van der Waals surface area contributed by atoms with E-state index in [4.69, 9.17) is 0 Å². The number of phenols is 1. The van der Waals surface area contributed by atoms with Crippen molar-refractivity contribution in [1.82, 2.24) is 0 Å². The number of rotatable bonds is 3. The number of fused-ring (bicyclic) bond motifs is 5. The third kappa shape index (κ3) is 2.88. The molecule has 2 nitrogen and oxygen atoms in total. The van der Waals surface area contributed by atoms with Crippen molar-refractivity contribution in [3.8, 4) is 5.75 Å². The number of allylic oxidation sites excluding steroid dienone is 1. The van der Waals surface area contributed by atoms with Gasteiger partial charge < -0.3 is 10.2 Å². The second-order valence-corrected chi connectivity index (χ2v) is 9.95. The van der Waals surface area contributed by atoms with Crippen molar-refractivity contribution >= 4 is 6.08 Å². The number of phenolic OH excluding ortho intramolecular Hbond substituents is 1. The first-order chi connectivity index (χ1) is 14.4. The number of hydrogen-bond acceptors (Lipinski definition) is 2. The van der Waals surface area contributed by atoms with E-state index in [0.717, 1.165) is 37.7 Å². The van der Waals surface area contributed by atoms with Crippen molar-refractivity contribution in [1.29, 1.82) is 0 Å². The number of aromatic hydroxyl groups is 1. The summed E-state index contributed by atoms with van der Waals surface area (Å²) in [7, 11) is 0. The first kappa shape index (κ1) is 19.6. The van der Waals surface area contributed by atoms with Crippen LogP contribution in [0.4, 0.5) is 0 Å². The second kappa shape index (κ2) is 7.13. The molecular formula is C28H32O2. The highest BCUT2D eigenvalue weighted by atomic mass is 16.3. The van der Waals surface area contributed by atoms with E-state index in [1.54, 1.807) is 0 Å². The van der Waals surface area contributed by atoms with Crippen molar-refractivity contribution < 1.29 is 10.2 Å². The number of aliphatic hydroxyl groups is 1. The van der Waals surface area contributed by atoms with Gasteiger partial charge in [0.1, 0.15) is 5.75 Å². The van der Waals surface area contributed by atoms with Crippen LogP contribution in [0.2, 0.25) is 0 Å². The Morgan fingerprint density at radius 2 is 1.90 bits per heavy atom. The predicted molar refractivity (Wildman–Crippen MR) is 122 cm³/mol. The van der Waals surface area contributed by atoms with Crippen LogP contribution in [0.5, 0.6) is 5.75 Å². The van der Waals surface area contributed by atoms with Crippen LogP contribution in [0.1, 0.15) is 55.2 Å². The highest BCUT2D eigenvalue weighted by Crippen LogP contribution is 2.66. The summed E-state index contributed by atoms with van der Waals surface area (Å²) in [5.74, 6) is 2.22. The zero-order chi connectivity index (χ0) is 20.9. The van der Waals surface area contributed by atoms with Crippen molar-refractivity contribution in [2.45, 2.75) is 50.5 Å². The van der Waals surface area contributed by atoms with Gasteiger partial charge in [-0.25, -0.2) is 0 Å². The smallest absolute Gasteiger partial charge is 0.115 e. The zero-order valence-electron chi connectivity index (χ0n) is 17.8. The lowest BCUT2D eigenvalue weighted by molar-refractivity contribution is -0.0821. The van der Waals surface area contributed by atoms with Crippen molar-refractivity contribution in [3.63, 3.8) is 0 Å². The Morgan fingerprint density at radius 1 is 1.10 bits per heavy atom. The molecule has 0 heterocycles. The van der Waals surface area contributed by atoms with E-state index in [9.17, 15) is 10.2 Å². The Morgan fingerprint density at radius 3 is 2.67 bits per heavy atom. The fraction of sp³-hybridized carbons (Fsp3) is 0.429. The Kier molecular flexibility index (Phi) is 4.67. The molecule has 0 saturated heterocycles. The quantitative estimate of drug-likeness (QED) is 0.611. The first-order valence-corrected chi connectivity index (χ1v) is 11.4. The molecule has 5 rings (SSSR count). The van der Waals surface area contributed by atoms with Crippen LogP contribution in [0.15, 0.2) is 67.3 Å². The normalized spacial score (nSPS) is 37.4. The van der Waals surface area contributed by atoms with Gasteiger partial charge >= 0.3 is 0 Å². The number of benzene rings is 2. The number of hydrogen-bond donors (Lipinski definition) is 2. The molecule has 3 aliphatic carbocycles. The maximum absolute atomic E-state index is 11.9. The minimum atomic E-state index is -0.783. The van der Waals surface area contributed by atoms with Gasteiger partial charge in [-0.15, -0.1) is 6.58 Å². The SMILES string of the molecule is C=CC1CC2(C)C(CC[C@@]2(O)/C=C/c2ccccc2)C2CCc3cc(O)ccc3C12. The van der Waals surface area contributed by atoms with Crippen molar-refractivity contribution in [3.05, 3.63) is 84.0 Å². The summed E-state index contributed by atoms with van der Waals surface area (Å²) in [6, 6.07) is 16.2. The van der Waals surface area contributed by atoms with Gasteiger partial charge in [-0.05, 0) is 84.6 Å². The summed E-state index contributed by atoms with van der Waals surface area (Å²) in [6.45, 7) is 6.52. The van der Waals surface area contributed by atoms with Gasteiger partial charge in [0.25, 0.3) is 0 Å². The van der Waals surface area contributed by atoms with Crippen LogP contribution >= 0.6 is 0 Å². The van der Waals surface area contributed by atoms with Gasteiger partial charge in [-0.3, -0.25) is 0 Å². The van der Waals surface area contributed by atoms with Gasteiger partial charge in [0.05, 0.1) is 5.60 Å². The molecule has 0 aliphatic heterocycles. The average molecular weight is 401 g/mol. The molecule has 30 heavy (non-hydrogen) atoms.